The Bertz CT molecular complexity index is 1430. The fraction of sp³-hybridized carbons (Fsp3) is 0.552. The minimum absolute atomic E-state index is 0.0436. The molecule has 0 spiro atoms. The van der Waals surface area contributed by atoms with E-state index in [0.29, 0.717) is 53.9 Å². The summed E-state index contributed by atoms with van der Waals surface area (Å²) in [5.74, 6) is -3.79. The minimum atomic E-state index is -2.67. The van der Waals surface area contributed by atoms with Gasteiger partial charge in [0.15, 0.2) is 11.5 Å². The van der Waals surface area contributed by atoms with Gasteiger partial charge >= 0.3 is 0 Å². The molecule has 2 aliphatic carbocycles. The van der Waals surface area contributed by atoms with Crippen molar-refractivity contribution in [1.29, 1.82) is 0 Å². The molecule has 2 saturated carbocycles. The number of pyridine rings is 1. The molecule has 0 bridgehead atoms. The molecule has 3 aliphatic rings. The van der Waals surface area contributed by atoms with E-state index in [-0.39, 0.29) is 47.7 Å². The largest absolute Gasteiger partial charge is 0.448 e. The number of hydrogen-bond acceptors (Lipinski definition) is 6. The Labute approximate surface area is 246 Å². The highest BCUT2D eigenvalue weighted by Gasteiger charge is 2.49. The summed E-state index contributed by atoms with van der Waals surface area (Å²) in [6.07, 6.45) is 3.76. The molecule has 2 amide bonds. The van der Waals surface area contributed by atoms with Crippen LogP contribution in [0, 0.1) is 25.7 Å². The number of aryl methyl sites for hydroxylation is 1. The lowest BCUT2D eigenvalue weighted by Crippen LogP contribution is -2.52. The van der Waals surface area contributed by atoms with Gasteiger partial charge in [-0.05, 0) is 57.9 Å². The van der Waals surface area contributed by atoms with Crippen molar-refractivity contribution in [1.82, 2.24) is 15.6 Å². The minimum Gasteiger partial charge on any atom is -0.448 e. The molecule has 41 heavy (non-hydrogen) atoms. The first kappa shape index (κ1) is 29.7. The zero-order valence-corrected chi connectivity index (χ0v) is 25.0. The van der Waals surface area contributed by atoms with Crippen molar-refractivity contribution in [3.8, 4) is 11.5 Å². The van der Waals surface area contributed by atoms with Gasteiger partial charge in [0, 0.05) is 71.5 Å². The molecule has 5 rings (SSSR count). The van der Waals surface area contributed by atoms with E-state index in [0.717, 1.165) is 10.6 Å². The Balaban J connectivity index is 1.23. The molecule has 12 heteroatoms. The van der Waals surface area contributed by atoms with E-state index in [2.05, 4.69) is 15.6 Å². The van der Waals surface area contributed by atoms with Crippen LogP contribution in [-0.2, 0) is 11.3 Å². The standard InChI is InChI=1S/C29H34ClF2N3O5S/c1-14-9-22(41-4)20(27(38)34-14)13-33-26(37)19-10-21(30)24-23(15(19)2)39-28(3,40-24)17-7-5-16(6-8-17)25(36)35-18-11-29(31,32)12-18/h9-10,16-18H,5-8,11-13H2,1-4H3,(H,33,37)(H,34,38)(H,35,36)/t16?,17?,28-/m1/s1. The van der Waals surface area contributed by atoms with Gasteiger partial charge in [0.05, 0.1) is 5.02 Å². The highest BCUT2D eigenvalue weighted by atomic mass is 35.5. The molecule has 0 radical (unpaired) electrons. The summed E-state index contributed by atoms with van der Waals surface area (Å²) < 4.78 is 38.9. The third-order valence-corrected chi connectivity index (χ3v) is 9.53. The summed E-state index contributed by atoms with van der Waals surface area (Å²) >= 11 is 8.00. The first-order valence-electron chi connectivity index (χ1n) is 13.7. The number of benzene rings is 1. The maximum absolute atomic E-state index is 13.2. The maximum Gasteiger partial charge on any atom is 0.254 e. The van der Waals surface area contributed by atoms with E-state index in [4.69, 9.17) is 21.1 Å². The first-order chi connectivity index (χ1) is 19.3. The van der Waals surface area contributed by atoms with Crippen molar-refractivity contribution in [2.45, 2.75) is 88.5 Å². The lowest BCUT2D eigenvalue weighted by molar-refractivity contribution is -0.140. The molecule has 1 atom stereocenters. The molecule has 3 N–H and O–H groups in total. The lowest BCUT2D eigenvalue weighted by atomic mass is 9.77. The highest BCUT2D eigenvalue weighted by Crippen LogP contribution is 2.52. The van der Waals surface area contributed by atoms with E-state index >= 15 is 0 Å². The number of alkyl halides is 2. The molecular formula is C29H34ClF2N3O5S. The van der Waals surface area contributed by atoms with Crippen LogP contribution in [0.3, 0.4) is 0 Å². The molecule has 222 valence electrons. The third kappa shape index (κ3) is 5.93. The van der Waals surface area contributed by atoms with Gasteiger partial charge in [-0.1, -0.05) is 11.6 Å². The van der Waals surface area contributed by atoms with Crippen molar-refractivity contribution in [2.24, 2.45) is 11.8 Å². The van der Waals surface area contributed by atoms with E-state index in [9.17, 15) is 23.2 Å². The van der Waals surface area contributed by atoms with Crippen LogP contribution in [0.2, 0.25) is 5.02 Å². The maximum atomic E-state index is 13.2. The van der Waals surface area contributed by atoms with Gasteiger partial charge in [0.2, 0.25) is 5.91 Å². The first-order valence-corrected chi connectivity index (χ1v) is 15.3. The third-order valence-electron chi connectivity index (χ3n) is 8.44. The second kappa shape index (κ2) is 11.1. The van der Waals surface area contributed by atoms with Crippen molar-refractivity contribution < 1.29 is 27.8 Å². The number of fused-ring (bicyclic) bond motifs is 1. The van der Waals surface area contributed by atoms with Crippen LogP contribution >= 0.6 is 23.4 Å². The smallest absolute Gasteiger partial charge is 0.254 e. The molecular weight excluding hydrogens is 576 g/mol. The van der Waals surface area contributed by atoms with Crippen molar-refractivity contribution in [3.63, 3.8) is 0 Å². The number of aromatic nitrogens is 1. The van der Waals surface area contributed by atoms with Crippen molar-refractivity contribution in [2.75, 3.05) is 6.26 Å². The predicted molar refractivity (Wildman–Crippen MR) is 152 cm³/mol. The van der Waals surface area contributed by atoms with Gasteiger partial charge in [-0.25, -0.2) is 8.78 Å². The molecule has 1 aromatic carbocycles. The quantitative estimate of drug-likeness (QED) is 0.358. The average molecular weight is 610 g/mol. The number of carbonyl (C=O) groups is 2. The van der Waals surface area contributed by atoms with E-state index in [1.54, 1.807) is 19.9 Å². The molecule has 0 saturated heterocycles. The van der Waals surface area contributed by atoms with Crippen molar-refractivity contribution >= 4 is 35.2 Å². The van der Waals surface area contributed by atoms with Gasteiger partial charge < -0.3 is 25.1 Å². The molecule has 2 heterocycles. The Morgan fingerprint density at radius 2 is 1.78 bits per heavy atom. The number of ether oxygens (including phenoxy) is 2. The zero-order chi connectivity index (χ0) is 29.7. The molecule has 2 fully saturated rings. The van der Waals surface area contributed by atoms with Crippen LogP contribution < -0.4 is 25.7 Å². The fourth-order valence-corrected chi connectivity index (χ4v) is 6.95. The Morgan fingerprint density at radius 3 is 2.41 bits per heavy atom. The monoisotopic (exact) mass is 609 g/mol. The van der Waals surface area contributed by atoms with Gasteiger partial charge in [0.1, 0.15) is 0 Å². The lowest BCUT2D eigenvalue weighted by Gasteiger charge is -2.39. The number of hydrogen-bond donors (Lipinski definition) is 3. The fourth-order valence-electron chi connectivity index (χ4n) is 6.01. The molecule has 1 aliphatic heterocycles. The van der Waals surface area contributed by atoms with Crippen LogP contribution in [0.25, 0.3) is 0 Å². The van der Waals surface area contributed by atoms with Crippen molar-refractivity contribution in [3.05, 3.63) is 49.9 Å². The Hall–Kier alpha value is -2.79. The Kier molecular flexibility index (Phi) is 8.06. The van der Waals surface area contributed by atoms with Gasteiger partial charge in [-0.15, -0.1) is 11.8 Å². The van der Waals surface area contributed by atoms with Crippen LogP contribution in [0.1, 0.15) is 72.6 Å². The number of carbonyl (C=O) groups excluding carboxylic acids is 2. The predicted octanol–water partition coefficient (Wildman–Crippen LogP) is 5.50. The van der Waals surface area contributed by atoms with E-state index in [1.807, 2.05) is 19.2 Å². The van der Waals surface area contributed by atoms with Crippen LogP contribution in [0.15, 0.2) is 21.8 Å². The molecule has 2 aromatic rings. The number of thioether (sulfide) groups is 1. The molecule has 8 nitrogen and oxygen atoms in total. The second-order valence-electron chi connectivity index (χ2n) is 11.4. The zero-order valence-electron chi connectivity index (χ0n) is 23.4. The summed E-state index contributed by atoms with van der Waals surface area (Å²) in [5.41, 5.74) is 1.86. The van der Waals surface area contributed by atoms with Crippen LogP contribution in [0.5, 0.6) is 11.5 Å². The highest BCUT2D eigenvalue weighted by molar-refractivity contribution is 7.98. The number of halogens is 3. The summed E-state index contributed by atoms with van der Waals surface area (Å²) in [4.78, 5) is 41.9. The molecule has 1 aromatic heterocycles. The van der Waals surface area contributed by atoms with E-state index < -0.39 is 23.7 Å². The van der Waals surface area contributed by atoms with Gasteiger partial charge in [0.25, 0.3) is 23.2 Å². The van der Waals surface area contributed by atoms with E-state index in [1.165, 1.54) is 11.8 Å². The number of H-pyrrole nitrogens is 1. The number of rotatable bonds is 7. The summed E-state index contributed by atoms with van der Waals surface area (Å²) in [6.45, 7) is 5.45. The second-order valence-corrected chi connectivity index (χ2v) is 12.7. The summed E-state index contributed by atoms with van der Waals surface area (Å²) in [6, 6.07) is 2.96. The SMILES string of the molecule is CSc1cc(C)[nH]c(=O)c1CNC(=O)c1cc(Cl)c2c(c1C)O[C@@](C)(C1CCC(C(=O)NC3CC(F)(F)C3)CC1)O2. The summed E-state index contributed by atoms with van der Waals surface area (Å²) in [7, 11) is 0. The van der Waals surface area contributed by atoms with Gasteiger partial charge in [-0.2, -0.15) is 0 Å². The van der Waals surface area contributed by atoms with Gasteiger partial charge in [-0.3, -0.25) is 14.4 Å². The number of nitrogens with one attached hydrogen (secondary N) is 3. The number of aromatic amines is 1. The van der Waals surface area contributed by atoms with Crippen LogP contribution in [-0.4, -0.2) is 40.8 Å². The topological polar surface area (TPSA) is 110 Å². The number of amides is 2. The molecule has 0 unspecified atom stereocenters. The normalized spacial score (nSPS) is 25.0. The van der Waals surface area contributed by atoms with Crippen LogP contribution in [0.4, 0.5) is 8.78 Å². The summed E-state index contributed by atoms with van der Waals surface area (Å²) in [5, 5.41) is 5.82. The average Bonchev–Trinajstić information content (AvgIpc) is 3.28. The Morgan fingerprint density at radius 1 is 1.12 bits per heavy atom.